The third kappa shape index (κ3) is 4.85. The lowest BCUT2D eigenvalue weighted by Gasteiger charge is -2.41. The summed E-state index contributed by atoms with van der Waals surface area (Å²) in [5.41, 5.74) is 2.17. The lowest BCUT2D eigenvalue weighted by atomic mass is 9.67. The minimum Gasteiger partial charge on any atom is -0.384 e. The number of aryl methyl sites for hydroxylation is 1. The second kappa shape index (κ2) is 9.90. The molecule has 0 aromatic heterocycles. The van der Waals surface area contributed by atoms with E-state index in [1.807, 2.05) is 0 Å². The molecule has 27 heavy (non-hydrogen) atoms. The van der Waals surface area contributed by atoms with E-state index in [-0.39, 0.29) is 29.1 Å². The third-order valence-electron chi connectivity index (χ3n) is 6.54. The summed E-state index contributed by atoms with van der Waals surface area (Å²) in [5, 5.41) is 6.79. The Hall–Kier alpha value is -1.10. The van der Waals surface area contributed by atoms with Crippen molar-refractivity contribution in [1.29, 1.82) is 0 Å². The van der Waals surface area contributed by atoms with Gasteiger partial charge < -0.3 is 15.4 Å². The number of rotatable bonds is 6. The molecular weight excluding hydrogens is 360 g/mol. The zero-order chi connectivity index (χ0) is 18.5. The monoisotopic (exact) mass is 394 g/mol. The van der Waals surface area contributed by atoms with Gasteiger partial charge in [-0.05, 0) is 56.8 Å². The Balaban J connectivity index is 0.00000261. The molecule has 0 radical (unpaired) electrons. The van der Waals surface area contributed by atoms with Crippen LogP contribution in [0.2, 0.25) is 0 Å². The van der Waals surface area contributed by atoms with Gasteiger partial charge in [-0.25, -0.2) is 0 Å². The first kappa shape index (κ1) is 22.2. The van der Waals surface area contributed by atoms with E-state index in [1.165, 1.54) is 17.5 Å². The summed E-state index contributed by atoms with van der Waals surface area (Å²) in [6.45, 7) is 5.57. The number of amides is 1. The minimum absolute atomic E-state index is 0. The van der Waals surface area contributed by atoms with Crippen LogP contribution in [-0.4, -0.2) is 39.3 Å². The van der Waals surface area contributed by atoms with Crippen LogP contribution in [0, 0.1) is 12.3 Å². The van der Waals surface area contributed by atoms with E-state index < -0.39 is 0 Å². The van der Waals surface area contributed by atoms with Crippen LogP contribution in [0.15, 0.2) is 24.3 Å². The van der Waals surface area contributed by atoms with Crippen LogP contribution in [0.5, 0.6) is 0 Å². The van der Waals surface area contributed by atoms with E-state index in [1.54, 1.807) is 7.11 Å². The van der Waals surface area contributed by atoms with Crippen LogP contribution in [0.25, 0.3) is 0 Å². The normalized spacial score (nSPS) is 21.1. The SMILES string of the molecule is COCC1(CNC(=O)C2(c3ccccc3C)CCCCC2)CCNCC1.Cl. The maximum atomic E-state index is 13.5. The van der Waals surface area contributed by atoms with Crippen molar-refractivity contribution in [3.8, 4) is 0 Å². The number of carbonyl (C=O) groups is 1. The summed E-state index contributed by atoms with van der Waals surface area (Å²) in [6.07, 6.45) is 7.53. The molecule has 0 bridgehead atoms. The van der Waals surface area contributed by atoms with Crippen LogP contribution >= 0.6 is 12.4 Å². The molecule has 1 aliphatic carbocycles. The van der Waals surface area contributed by atoms with Gasteiger partial charge in [0.15, 0.2) is 0 Å². The number of benzene rings is 1. The number of carbonyl (C=O) groups excluding carboxylic acids is 1. The number of methoxy groups -OCH3 is 1. The predicted octanol–water partition coefficient (Wildman–Crippen LogP) is 3.75. The standard InChI is InChI=1S/C22H34N2O2.ClH/c1-18-8-4-5-9-19(18)22(10-6-3-7-11-22)20(25)24-16-21(17-26-2)12-14-23-15-13-21;/h4-5,8-9,23H,3,6-7,10-17H2,1-2H3,(H,24,25);1H. The van der Waals surface area contributed by atoms with Gasteiger partial charge in [0.2, 0.25) is 5.91 Å². The number of piperidine rings is 1. The lowest BCUT2D eigenvalue weighted by Crippen LogP contribution is -2.52. The number of hydrogen-bond donors (Lipinski definition) is 2. The van der Waals surface area contributed by atoms with E-state index in [9.17, 15) is 4.79 Å². The summed E-state index contributed by atoms with van der Waals surface area (Å²) < 4.78 is 5.51. The third-order valence-corrected chi connectivity index (χ3v) is 6.54. The molecule has 1 saturated heterocycles. The fourth-order valence-electron chi connectivity index (χ4n) is 4.96. The van der Waals surface area contributed by atoms with Gasteiger partial charge in [0.05, 0.1) is 12.0 Å². The number of nitrogens with one attached hydrogen (secondary N) is 2. The molecule has 1 aromatic rings. The van der Waals surface area contributed by atoms with E-state index in [0.717, 1.165) is 58.2 Å². The first-order chi connectivity index (χ1) is 12.6. The Bertz CT molecular complexity index is 603. The highest BCUT2D eigenvalue weighted by Gasteiger charge is 2.43. The van der Waals surface area contributed by atoms with Crippen molar-refractivity contribution in [2.24, 2.45) is 5.41 Å². The highest BCUT2D eigenvalue weighted by atomic mass is 35.5. The smallest absolute Gasteiger partial charge is 0.230 e. The van der Waals surface area contributed by atoms with Crippen LogP contribution < -0.4 is 10.6 Å². The Labute approximate surface area is 170 Å². The highest BCUT2D eigenvalue weighted by molar-refractivity contribution is 5.88. The van der Waals surface area contributed by atoms with Crippen molar-refractivity contribution in [3.05, 3.63) is 35.4 Å². The molecule has 5 heteroatoms. The van der Waals surface area contributed by atoms with Gasteiger partial charge in [0.1, 0.15) is 0 Å². The summed E-state index contributed by atoms with van der Waals surface area (Å²) >= 11 is 0. The molecular formula is C22H35ClN2O2. The Morgan fingerprint density at radius 2 is 1.78 bits per heavy atom. The second-order valence-corrected chi connectivity index (χ2v) is 8.32. The Morgan fingerprint density at radius 3 is 2.41 bits per heavy atom. The van der Waals surface area contributed by atoms with Gasteiger partial charge in [0.25, 0.3) is 0 Å². The molecule has 152 valence electrons. The molecule has 1 aliphatic heterocycles. The fourth-order valence-corrected chi connectivity index (χ4v) is 4.96. The second-order valence-electron chi connectivity index (χ2n) is 8.32. The summed E-state index contributed by atoms with van der Waals surface area (Å²) in [6, 6.07) is 8.44. The van der Waals surface area contributed by atoms with Crippen LogP contribution in [-0.2, 0) is 14.9 Å². The van der Waals surface area contributed by atoms with Gasteiger partial charge in [-0.15, -0.1) is 12.4 Å². The molecule has 0 unspecified atom stereocenters. The van der Waals surface area contributed by atoms with Crippen LogP contribution in [0.3, 0.4) is 0 Å². The molecule has 1 aromatic carbocycles. The molecule has 1 saturated carbocycles. The molecule has 0 atom stereocenters. The minimum atomic E-state index is -0.356. The quantitative estimate of drug-likeness (QED) is 0.772. The van der Waals surface area contributed by atoms with E-state index in [0.29, 0.717) is 6.61 Å². The molecule has 0 spiro atoms. The van der Waals surface area contributed by atoms with Gasteiger partial charge in [-0.2, -0.15) is 0 Å². The maximum absolute atomic E-state index is 13.5. The van der Waals surface area contributed by atoms with Crippen molar-refractivity contribution >= 4 is 18.3 Å². The van der Waals surface area contributed by atoms with E-state index in [2.05, 4.69) is 41.8 Å². The van der Waals surface area contributed by atoms with Crippen molar-refractivity contribution < 1.29 is 9.53 Å². The zero-order valence-corrected chi connectivity index (χ0v) is 17.6. The Morgan fingerprint density at radius 1 is 1.11 bits per heavy atom. The van der Waals surface area contributed by atoms with E-state index in [4.69, 9.17) is 4.74 Å². The highest BCUT2D eigenvalue weighted by Crippen LogP contribution is 2.41. The van der Waals surface area contributed by atoms with Gasteiger partial charge in [-0.1, -0.05) is 43.5 Å². The number of ether oxygens (including phenoxy) is 1. The van der Waals surface area contributed by atoms with Crippen LogP contribution in [0.4, 0.5) is 0 Å². The van der Waals surface area contributed by atoms with Crippen molar-refractivity contribution in [2.45, 2.75) is 57.3 Å². The molecule has 2 fully saturated rings. The van der Waals surface area contributed by atoms with Crippen LogP contribution in [0.1, 0.15) is 56.1 Å². The molecule has 2 aliphatic rings. The first-order valence-corrected chi connectivity index (χ1v) is 10.2. The predicted molar refractivity (Wildman–Crippen MR) is 113 cm³/mol. The average molecular weight is 395 g/mol. The van der Waals surface area contributed by atoms with E-state index >= 15 is 0 Å². The van der Waals surface area contributed by atoms with Gasteiger partial charge >= 0.3 is 0 Å². The lowest BCUT2D eigenvalue weighted by molar-refractivity contribution is -0.129. The molecule has 3 rings (SSSR count). The fraction of sp³-hybridized carbons (Fsp3) is 0.682. The summed E-state index contributed by atoms with van der Waals surface area (Å²) in [7, 11) is 1.77. The van der Waals surface area contributed by atoms with Crippen molar-refractivity contribution in [3.63, 3.8) is 0 Å². The zero-order valence-electron chi connectivity index (χ0n) is 16.8. The molecule has 2 N–H and O–H groups in total. The molecule has 1 amide bonds. The van der Waals surface area contributed by atoms with Gasteiger partial charge in [0, 0.05) is 19.1 Å². The molecule has 1 heterocycles. The Kier molecular flexibility index (Phi) is 8.14. The molecule has 4 nitrogen and oxygen atoms in total. The number of hydrogen-bond acceptors (Lipinski definition) is 3. The maximum Gasteiger partial charge on any atom is 0.230 e. The first-order valence-electron chi connectivity index (χ1n) is 10.2. The van der Waals surface area contributed by atoms with Gasteiger partial charge in [-0.3, -0.25) is 4.79 Å². The summed E-state index contributed by atoms with van der Waals surface area (Å²) in [5.74, 6) is 0.223. The summed E-state index contributed by atoms with van der Waals surface area (Å²) in [4.78, 5) is 13.5. The van der Waals surface area contributed by atoms with Crippen molar-refractivity contribution in [1.82, 2.24) is 10.6 Å². The topological polar surface area (TPSA) is 50.4 Å². The largest absolute Gasteiger partial charge is 0.384 e. The average Bonchev–Trinajstić information content (AvgIpc) is 2.68. The number of halogens is 1. The van der Waals surface area contributed by atoms with Crippen molar-refractivity contribution in [2.75, 3.05) is 33.4 Å².